The van der Waals surface area contributed by atoms with E-state index >= 15 is 0 Å². The van der Waals surface area contributed by atoms with Crippen molar-refractivity contribution in [1.29, 1.82) is 0 Å². The van der Waals surface area contributed by atoms with Crippen molar-refractivity contribution in [3.8, 4) is 17.0 Å². The highest BCUT2D eigenvalue weighted by molar-refractivity contribution is 5.63. The molecule has 1 aromatic carbocycles. The standard InChI is InChI=1S/C16H16N2O2/c1-2-20-14-5-3-13(4-6-14)15-10-18-8-7-12(11-19)9-16(18)17-15/h3-10,19H,2,11H2,1H3. The van der Waals surface area contributed by atoms with Crippen LogP contribution in [0.3, 0.4) is 0 Å². The lowest BCUT2D eigenvalue weighted by atomic mass is 10.2. The van der Waals surface area contributed by atoms with Gasteiger partial charge in [-0.15, -0.1) is 0 Å². The third kappa shape index (κ3) is 2.38. The van der Waals surface area contributed by atoms with E-state index in [-0.39, 0.29) is 6.61 Å². The third-order valence-corrected chi connectivity index (χ3v) is 3.17. The van der Waals surface area contributed by atoms with Crippen LogP contribution in [0.1, 0.15) is 12.5 Å². The number of ether oxygens (including phenoxy) is 1. The smallest absolute Gasteiger partial charge is 0.137 e. The van der Waals surface area contributed by atoms with Gasteiger partial charge >= 0.3 is 0 Å². The van der Waals surface area contributed by atoms with Gasteiger partial charge in [0.2, 0.25) is 0 Å². The quantitative estimate of drug-likeness (QED) is 0.791. The molecule has 0 aliphatic heterocycles. The van der Waals surface area contributed by atoms with Gasteiger partial charge in [-0.25, -0.2) is 4.98 Å². The van der Waals surface area contributed by atoms with Crippen LogP contribution < -0.4 is 4.74 Å². The van der Waals surface area contributed by atoms with Gasteiger partial charge in [0.25, 0.3) is 0 Å². The summed E-state index contributed by atoms with van der Waals surface area (Å²) in [5, 5.41) is 9.15. The zero-order valence-electron chi connectivity index (χ0n) is 11.3. The van der Waals surface area contributed by atoms with Crippen molar-refractivity contribution in [2.24, 2.45) is 0 Å². The molecule has 102 valence electrons. The summed E-state index contributed by atoms with van der Waals surface area (Å²) in [6.45, 7) is 2.66. The summed E-state index contributed by atoms with van der Waals surface area (Å²) in [7, 11) is 0. The van der Waals surface area contributed by atoms with Gasteiger partial charge in [0.15, 0.2) is 0 Å². The number of aromatic nitrogens is 2. The minimum Gasteiger partial charge on any atom is -0.494 e. The van der Waals surface area contributed by atoms with Crippen molar-refractivity contribution in [1.82, 2.24) is 9.38 Å². The van der Waals surface area contributed by atoms with E-state index in [0.717, 1.165) is 28.2 Å². The Morgan fingerprint density at radius 1 is 1.20 bits per heavy atom. The maximum Gasteiger partial charge on any atom is 0.137 e. The van der Waals surface area contributed by atoms with Crippen LogP contribution in [-0.4, -0.2) is 21.1 Å². The van der Waals surface area contributed by atoms with Gasteiger partial charge in [0.1, 0.15) is 11.4 Å². The van der Waals surface area contributed by atoms with Crippen molar-refractivity contribution in [3.05, 3.63) is 54.4 Å². The van der Waals surface area contributed by atoms with Gasteiger partial charge in [-0.05, 0) is 48.9 Å². The lowest BCUT2D eigenvalue weighted by Gasteiger charge is -2.02. The summed E-state index contributed by atoms with van der Waals surface area (Å²) in [6.07, 6.45) is 3.89. The second-order valence-electron chi connectivity index (χ2n) is 4.54. The number of fused-ring (bicyclic) bond motifs is 1. The Labute approximate surface area is 117 Å². The summed E-state index contributed by atoms with van der Waals surface area (Å²) in [5.41, 5.74) is 3.65. The SMILES string of the molecule is CCOc1ccc(-c2cn3ccc(CO)cc3n2)cc1. The molecule has 0 saturated heterocycles. The average Bonchev–Trinajstić information content (AvgIpc) is 2.91. The fraction of sp³-hybridized carbons (Fsp3) is 0.188. The van der Waals surface area contributed by atoms with E-state index in [1.54, 1.807) is 0 Å². The maximum absolute atomic E-state index is 9.15. The Morgan fingerprint density at radius 2 is 2.00 bits per heavy atom. The molecule has 0 spiro atoms. The third-order valence-electron chi connectivity index (χ3n) is 3.17. The minimum absolute atomic E-state index is 0.0295. The van der Waals surface area contributed by atoms with Crippen molar-refractivity contribution in [3.63, 3.8) is 0 Å². The Balaban J connectivity index is 1.96. The average molecular weight is 268 g/mol. The van der Waals surface area contributed by atoms with Crippen LogP contribution in [0.5, 0.6) is 5.75 Å². The number of pyridine rings is 1. The molecule has 2 heterocycles. The van der Waals surface area contributed by atoms with Crippen molar-refractivity contribution >= 4 is 5.65 Å². The van der Waals surface area contributed by atoms with E-state index in [9.17, 15) is 0 Å². The number of aliphatic hydroxyl groups excluding tert-OH is 1. The number of aliphatic hydroxyl groups is 1. The highest BCUT2D eigenvalue weighted by Crippen LogP contribution is 2.22. The van der Waals surface area contributed by atoms with Crippen LogP contribution in [0.4, 0.5) is 0 Å². The first-order valence-electron chi connectivity index (χ1n) is 6.62. The summed E-state index contributed by atoms with van der Waals surface area (Å²) in [5.74, 6) is 0.864. The van der Waals surface area contributed by atoms with Crippen LogP contribution in [0, 0.1) is 0 Å². The molecular formula is C16H16N2O2. The summed E-state index contributed by atoms with van der Waals surface area (Å²) >= 11 is 0. The monoisotopic (exact) mass is 268 g/mol. The Hall–Kier alpha value is -2.33. The molecule has 4 heteroatoms. The predicted octanol–water partition coefficient (Wildman–Crippen LogP) is 2.89. The molecule has 0 bridgehead atoms. The van der Waals surface area contributed by atoms with Crippen molar-refractivity contribution in [2.45, 2.75) is 13.5 Å². The molecule has 0 aliphatic carbocycles. The molecule has 0 aliphatic rings. The zero-order chi connectivity index (χ0) is 13.9. The molecule has 2 aromatic heterocycles. The van der Waals surface area contributed by atoms with Crippen LogP contribution in [0.25, 0.3) is 16.9 Å². The molecule has 0 unspecified atom stereocenters. The Kier molecular flexibility index (Phi) is 3.39. The largest absolute Gasteiger partial charge is 0.494 e. The van der Waals surface area contributed by atoms with E-state index in [0.29, 0.717) is 6.61 Å². The zero-order valence-corrected chi connectivity index (χ0v) is 11.3. The first-order valence-corrected chi connectivity index (χ1v) is 6.62. The maximum atomic E-state index is 9.15. The normalized spacial score (nSPS) is 10.9. The molecule has 0 saturated carbocycles. The Bertz CT molecular complexity index is 717. The summed E-state index contributed by atoms with van der Waals surface area (Å²) in [6, 6.07) is 11.7. The van der Waals surface area contributed by atoms with E-state index < -0.39 is 0 Å². The number of nitrogens with zero attached hydrogens (tertiary/aromatic N) is 2. The van der Waals surface area contributed by atoms with Crippen LogP contribution in [-0.2, 0) is 6.61 Å². The highest BCUT2D eigenvalue weighted by atomic mass is 16.5. The fourth-order valence-electron chi connectivity index (χ4n) is 2.15. The lowest BCUT2D eigenvalue weighted by Crippen LogP contribution is -1.90. The van der Waals surface area contributed by atoms with Gasteiger partial charge in [-0.1, -0.05) is 0 Å². The number of benzene rings is 1. The highest BCUT2D eigenvalue weighted by Gasteiger charge is 2.05. The number of hydrogen-bond donors (Lipinski definition) is 1. The van der Waals surface area contributed by atoms with E-state index in [4.69, 9.17) is 9.84 Å². The first kappa shape index (κ1) is 12.7. The molecule has 0 atom stereocenters. The number of hydrogen-bond acceptors (Lipinski definition) is 3. The molecule has 4 nitrogen and oxygen atoms in total. The molecule has 0 radical (unpaired) electrons. The van der Waals surface area contributed by atoms with Gasteiger partial charge in [-0.2, -0.15) is 0 Å². The van der Waals surface area contributed by atoms with Crippen LogP contribution in [0.15, 0.2) is 48.8 Å². The second-order valence-corrected chi connectivity index (χ2v) is 4.54. The molecule has 3 aromatic rings. The molecule has 1 N–H and O–H groups in total. The van der Waals surface area contributed by atoms with Gasteiger partial charge < -0.3 is 14.2 Å². The second kappa shape index (κ2) is 5.35. The molecule has 0 amide bonds. The molecular weight excluding hydrogens is 252 g/mol. The van der Waals surface area contributed by atoms with E-state index in [1.807, 2.05) is 60.1 Å². The first-order chi connectivity index (χ1) is 9.80. The van der Waals surface area contributed by atoms with E-state index in [1.165, 1.54) is 0 Å². The molecule has 20 heavy (non-hydrogen) atoms. The summed E-state index contributed by atoms with van der Waals surface area (Å²) < 4.78 is 7.38. The fourth-order valence-corrected chi connectivity index (χ4v) is 2.15. The predicted molar refractivity (Wildman–Crippen MR) is 77.7 cm³/mol. The number of imidazole rings is 1. The lowest BCUT2D eigenvalue weighted by molar-refractivity contribution is 0.282. The van der Waals surface area contributed by atoms with Crippen molar-refractivity contribution < 1.29 is 9.84 Å². The van der Waals surface area contributed by atoms with E-state index in [2.05, 4.69) is 4.98 Å². The molecule has 0 fully saturated rings. The van der Waals surface area contributed by atoms with Crippen LogP contribution >= 0.6 is 0 Å². The van der Waals surface area contributed by atoms with Crippen LogP contribution in [0.2, 0.25) is 0 Å². The topological polar surface area (TPSA) is 46.8 Å². The van der Waals surface area contributed by atoms with Crippen molar-refractivity contribution in [2.75, 3.05) is 6.61 Å². The van der Waals surface area contributed by atoms with Gasteiger partial charge in [0, 0.05) is 18.0 Å². The summed E-state index contributed by atoms with van der Waals surface area (Å²) in [4.78, 5) is 4.58. The molecule has 3 rings (SSSR count). The minimum atomic E-state index is 0.0295. The number of rotatable bonds is 4. The Morgan fingerprint density at radius 3 is 2.70 bits per heavy atom. The van der Waals surface area contributed by atoms with Gasteiger partial charge in [0.05, 0.1) is 18.9 Å². The van der Waals surface area contributed by atoms with Gasteiger partial charge in [-0.3, -0.25) is 0 Å².